The zero-order valence-electron chi connectivity index (χ0n) is 15.1. The van der Waals surface area contributed by atoms with Crippen molar-refractivity contribution < 1.29 is 9.53 Å². The summed E-state index contributed by atoms with van der Waals surface area (Å²) in [5.74, 6) is 0.160. The minimum Gasteiger partial charge on any atom is -0.378 e. The second-order valence-corrected chi connectivity index (χ2v) is 6.21. The molecule has 5 nitrogen and oxygen atoms in total. The largest absolute Gasteiger partial charge is 0.378 e. The number of amides is 1. The van der Waals surface area contributed by atoms with Crippen LogP contribution in [0.5, 0.6) is 0 Å². The van der Waals surface area contributed by atoms with Crippen LogP contribution in [0.2, 0.25) is 0 Å². The summed E-state index contributed by atoms with van der Waals surface area (Å²) in [7, 11) is 0. The quantitative estimate of drug-likeness (QED) is 0.701. The molecule has 0 spiro atoms. The van der Waals surface area contributed by atoms with Crippen molar-refractivity contribution in [2.24, 2.45) is 5.73 Å². The lowest BCUT2D eigenvalue weighted by atomic mass is 10.1. The molecule has 1 aliphatic rings. The summed E-state index contributed by atoms with van der Waals surface area (Å²) in [4.78, 5) is 14.3. The summed E-state index contributed by atoms with van der Waals surface area (Å²) in [6.07, 6.45) is 3.01. The van der Waals surface area contributed by atoms with Crippen molar-refractivity contribution in [1.29, 1.82) is 0 Å². The zero-order valence-corrected chi connectivity index (χ0v) is 16.8. The Morgan fingerprint density at radius 3 is 2.40 bits per heavy atom. The molecule has 0 atom stereocenters. The molecule has 25 heavy (non-hydrogen) atoms. The van der Waals surface area contributed by atoms with Crippen LogP contribution in [0.15, 0.2) is 18.2 Å². The molecule has 0 saturated carbocycles. The van der Waals surface area contributed by atoms with E-state index < -0.39 is 0 Å². The van der Waals surface area contributed by atoms with Crippen LogP contribution < -0.4 is 11.1 Å². The fraction of sp³-hybridized carbons (Fsp3) is 0.611. The first-order chi connectivity index (χ1) is 11.1. The number of aryl methyl sites for hydroxylation is 2. The molecule has 1 fully saturated rings. The van der Waals surface area contributed by atoms with Gasteiger partial charge in [0.2, 0.25) is 5.91 Å². The molecule has 7 heteroatoms. The van der Waals surface area contributed by atoms with Gasteiger partial charge >= 0.3 is 0 Å². The van der Waals surface area contributed by atoms with Gasteiger partial charge in [-0.1, -0.05) is 18.2 Å². The molecular weight excluding hydrogens is 361 g/mol. The molecule has 1 saturated heterocycles. The van der Waals surface area contributed by atoms with Crippen LogP contribution in [0, 0.1) is 13.8 Å². The average Bonchev–Trinajstić information content (AvgIpc) is 2.55. The van der Waals surface area contributed by atoms with Crippen LogP contribution in [0.25, 0.3) is 0 Å². The first kappa shape index (κ1) is 24.0. The molecule has 144 valence electrons. The monoisotopic (exact) mass is 391 g/mol. The number of halogens is 2. The van der Waals surface area contributed by atoms with E-state index in [4.69, 9.17) is 10.5 Å². The van der Waals surface area contributed by atoms with Crippen LogP contribution in [0.1, 0.15) is 30.4 Å². The minimum atomic E-state index is 0. The van der Waals surface area contributed by atoms with Crippen molar-refractivity contribution in [3.05, 3.63) is 29.3 Å². The molecular formula is C18H31Cl2N3O2. The van der Waals surface area contributed by atoms with Gasteiger partial charge in [0, 0.05) is 25.4 Å². The number of nitrogens with one attached hydrogen (secondary N) is 1. The van der Waals surface area contributed by atoms with Crippen molar-refractivity contribution in [2.45, 2.75) is 39.2 Å². The smallest absolute Gasteiger partial charge is 0.241 e. The predicted octanol–water partition coefficient (Wildman–Crippen LogP) is 2.92. The van der Waals surface area contributed by atoms with Crippen molar-refractivity contribution in [3.63, 3.8) is 0 Å². The molecule has 1 amide bonds. The third kappa shape index (κ3) is 7.40. The lowest BCUT2D eigenvalue weighted by Crippen LogP contribution is -2.43. The molecule has 0 radical (unpaired) electrons. The number of anilines is 1. The number of para-hydroxylation sites is 1. The number of likely N-dealkylation sites (tertiary alicyclic amines) is 1. The van der Waals surface area contributed by atoms with Gasteiger partial charge in [-0.2, -0.15) is 0 Å². The van der Waals surface area contributed by atoms with Crippen molar-refractivity contribution >= 4 is 36.4 Å². The van der Waals surface area contributed by atoms with Crippen molar-refractivity contribution in [3.8, 4) is 0 Å². The maximum atomic E-state index is 12.4. The fourth-order valence-corrected chi connectivity index (χ4v) is 2.97. The number of hydrogen-bond donors (Lipinski definition) is 2. The number of piperidine rings is 1. The van der Waals surface area contributed by atoms with Gasteiger partial charge in [-0.15, -0.1) is 24.8 Å². The van der Waals surface area contributed by atoms with Gasteiger partial charge in [0.25, 0.3) is 0 Å². The predicted molar refractivity (Wildman–Crippen MR) is 108 cm³/mol. The summed E-state index contributed by atoms with van der Waals surface area (Å²) in [6, 6.07) is 6.15. The summed E-state index contributed by atoms with van der Waals surface area (Å²) >= 11 is 0. The van der Waals surface area contributed by atoms with E-state index in [1.165, 1.54) is 11.1 Å². The van der Waals surface area contributed by atoms with Crippen LogP contribution in [0.3, 0.4) is 0 Å². The fourth-order valence-electron chi connectivity index (χ4n) is 2.97. The first-order valence-corrected chi connectivity index (χ1v) is 8.51. The first-order valence-electron chi connectivity index (χ1n) is 8.51. The number of hydrogen-bond acceptors (Lipinski definition) is 4. The molecule has 0 aliphatic carbocycles. The van der Waals surface area contributed by atoms with E-state index in [0.29, 0.717) is 13.1 Å². The highest BCUT2D eigenvalue weighted by atomic mass is 35.5. The Kier molecular flexibility index (Phi) is 11.9. The molecule has 3 N–H and O–H groups in total. The maximum absolute atomic E-state index is 12.4. The standard InChI is InChI=1S/C18H29N3O2.2ClH/c1-14-5-3-6-15(2)18(14)20-13-17(22)21-10-7-16(8-11-21)23-12-4-9-19;;/h3,5-6,16,20H,4,7-13,19H2,1-2H3;2*1H. The van der Waals surface area contributed by atoms with Gasteiger partial charge in [0.05, 0.1) is 12.6 Å². The van der Waals surface area contributed by atoms with E-state index in [1.54, 1.807) is 0 Å². The number of ether oxygens (including phenoxy) is 1. The zero-order chi connectivity index (χ0) is 16.7. The Labute approximate surface area is 163 Å². The summed E-state index contributed by atoms with van der Waals surface area (Å²) < 4.78 is 5.78. The third-order valence-electron chi connectivity index (χ3n) is 4.39. The van der Waals surface area contributed by atoms with E-state index in [0.717, 1.165) is 44.6 Å². The molecule has 1 heterocycles. The van der Waals surface area contributed by atoms with E-state index in [9.17, 15) is 4.79 Å². The van der Waals surface area contributed by atoms with Crippen molar-refractivity contribution in [2.75, 3.05) is 38.1 Å². The second kappa shape index (κ2) is 12.4. The Hall–Kier alpha value is -1.01. The average molecular weight is 392 g/mol. The molecule has 1 aromatic carbocycles. The number of benzene rings is 1. The van der Waals surface area contributed by atoms with Gasteiger partial charge in [0.15, 0.2) is 0 Å². The van der Waals surface area contributed by atoms with E-state index in [1.807, 2.05) is 11.0 Å². The van der Waals surface area contributed by atoms with Crippen molar-refractivity contribution in [1.82, 2.24) is 4.90 Å². The Balaban J connectivity index is 0.00000288. The summed E-state index contributed by atoms with van der Waals surface area (Å²) in [5, 5.41) is 3.30. The number of nitrogens with two attached hydrogens (primary N) is 1. The van der Waals surface area contributed by atoms with Gasteiger partial charge in [-0.05, 0) is 50.8 Å². The van der Waals surface area contributed by atoms with Crippen LogP contribution >= 0.6 is 24.8 Å². The molecule has 2 rings (SSSR count). The molecule has 1 aliphatic heterocycles. The number of carbonyl (C=O) groups is 1. The molecule has 0 bridgehead atoms. The summed E-state index contributed by atoms with van der Waals surface area (Å²) in [6.45, 7) is 7.42. The Bertz CT molecular complexity index is 501. The highest BCUT2D eigenvalue weighted by Crippen LogP contribution is 2.19. The SMILES string of the molecule is Cc1cccc(C)c1NCC(=O)N1CCC(OCCCN)CC1.Cl.Cl. The van der Waals surface area contributed by atoms with Crippen LogP contribution in [-0.2, 0) is 9.53 Å². The number of rotatable bonds is 7. The van der Waals surface area contributed by atoms with E-state index in [-0.39, 0.29) is 36.8 Å². The van der Waals surface area contributed by atoms with Gasteiger partial charge in [-0.3, -0.25) is 4.79 Å². The lowest BCUT2D eigenvalue weighted by molar-refractivity contribution is -0.131. The Morgan fingerprint density at radius 1 is 1.24 bits per heavy atom. The van der Waals surface area contributed by atoms with Crippen LogP contribution in [0.4, 0.5) is 5.69 Å². The normalized spacial score (nSPS) is 14.4. The highest BCUT2D eigenvalue weighted by Gasteiger charge is 2.23. The minimum absolute atomic E-state index is 0. The van der Waals surface area contributed by atoms with Gasteiger partial charge in [0.1, 0.15) is 0 Å². The van der Waals surface area contributed by atoms with Gasteiger partial charge < -0.3 is 20.7 Å². The van der Waals surface area contributed by atoms with E-state index >= 15 is 0 Å². The number of nitrogens with zero attached hydrogens (tertiary/aromatic N) is 1. The van der Waals surface area contributed by atoms with Crippen LogP contribution in [-0.4, -0.2) is 49.7 Å². The molecule has 1 aromatic rings. The third-order valence-corrected chi connectivity index (χ3v) is 4.39. The molecule has 0 aromatic heterocycles. The maximum Gasteiger partial charge on any atom is 0.241 e. The lowest BCUT2D eigenvalue weighted by Gasteiger charge is -2.32. The Morgan fingerprint density at radius 2 is 1.84 bits per heavy atom. The van der Waals surface area contributed by atoms with Gasteiger partial charge in [-0.25, -0.2) is 0 Å². The highest BCUT2D eigenvalue weighted by molar-refractivity contribution is 5.85. The van der Waals surface area contributed by atoms with E-state index in [2.05, 4.69) is 31.3 Å². The number of carbonyl (C=O) groups excluding carboxylic acids is 1. The second-order valence-electron chi connectivity index (χ2n) is 6.21. The molecule has 0 unspecified atom stereocenters. The summed E-state index contributed by atoms with van der Waals surface area (Å²) in [5.41, 5.74) is 8.88. The topological polar surface area (TPSA) is 67.6 Å².